The van der Waals surface area contributed by atoms with Gasteiger partial charge in [-0.1, -0.05) is 30.3 Å². The summed E-state index contributed by atoms with van der Waals surface area (Å²) >= 11 is 0. The molecule has 0 unspecified atom stereocenters. The molecule has 0 fully saturated rings. The van der Waals surface area contributed by atoms with Crippen molar-refractivity contribution in [1.29, 1.82) is 0 Å². The molecule has 4 nitrogen and oxygen atoms in total. The molecule has 0 aliphatic heterocycles. The summed E-state index contributed by atoms with van der Waals surface area (Å²) in [6, 6.07) is 14.4. The van der Waals surface area contributed by atoms with E-state index >= 15 is 0 Å². The molecule has 4 heteroatoms. The number of aryl methyl sites for hydroxylation is 1. The third-order valence-electron chi connectivity index (χ3n) is 3.09. The van der Waals surface area contributed by atoms with Gasteiger partial charge in [-0.25, -0.2) is 4.99 Å². The van der Waals surface area contributed by atoms with Crippen LogP contribution in [0.15, 0.2) is 53.7 Å². The van der Waals surface area contributed by atoms with Gasteiger partial charge in [0.2, 0.25) is 0 Å². The zero-order valence-corrected chi connectivity index (χ0v) is 12.9. The van der Waals surface area contributed by atoms with Crippen LogP contribution in [0.3, 0.4) is 0 Å². The highest BCUT2D eigenvalue weighted by molar-refractivity contribution is 5.79. The maximum absolute atomic E-state index is 4.65. The lowest BCUT2D eigenvalue weighted by Crippen LogP contribution is -2.36. The molecule has 1 N–H and O–H groups in total. The van der Waals surface area contributed by atoms with Gasteiger partial charge in [0.25, 0.3) is 0 Å². The number of benzene rings is 1. The van der Waals surface area contributed by atoms with E-state index < -0.39 is 0 Å². The second kappa shape index (κ2) is 7.43. The first-order chi connectivity index (χ1) is 10.1. The Morgan fingerprint density at radius 3 is 2.57 bits per heavy atom. The molecule has 0 saturated carbocycles. The maximum Gasteiger partial charge on any atom is 0.194 e. The molecule has 110 valence electrons. The third-order valence-corrected chi connectivity index (χ3v) is 3.09. The van der Waals surface area contributed by atoms with Crippen molar-refractivity contribution in [3.63, 3.8) is 0 Å². The van der Waals surface area contributed by atoms with Gasteiger partial charge in [-0.3, -0.25) is 4.98 Å². The van der Waals surface area contributed by atoms with Crippen LogP contribution in [0.2, 0.25) is 0 Å². The second-order valence-electron chi connectivity index (χ2n) is 5.18. The molecule has 2 aromatic rings. The fraction of sp³-hybridized carbons (Fsp3) is 0.294. The van der Waals surface area contributed by atoms with Crippen molar-refractivity contribution in [2.45, 2.75) is 20.0 Å². The van der Waals surface area contributed by atoms with E-state index in [-0.39, 0.29) is 0 Å². The van der Waals surface area contributed by atoms with Gasteiger partial charge in [-0.15, -0.1) is 0 Å². The molecule has 0 aliphatic carbocycles. The fourth-order valence-electron chi connectivity index (χ4n) is 2.00. The number of rotatable bonds is 4. The van der Waals surface area contributed by atoms with Gasteiger partial charge in [0.1, 0.15) is 0 Å². The van der Waals surface area contributed by atoms with Crippen molar-refractivity contribution in [2.75, 3.05) is 14.1 Å². The molecule has 1 aromatic heterocycles. The minimum absolute atomic E-state index is 0.651. The van der Waals surface area contributed by atoms with Crippen molar-refractivity contribution in [1.82, 2.24) is 15.2 Å². The van der Waals surface area contributed by atoms with Crippen LogP contribution < -0.4 is 5.32 Å². The lowest BCUT2D eigenvalue weighted by atomic mass is 10.2. The number of hydrogen-bond donors (Lipinski definition) is 1. The highest BCUT2D eigenvalue weighted by Crippen LogP contribution is 2.03. The summed E-state index contributed by atoms with van der Waals surface area (Å²) in [4.78, 5) is 10.9. The molecule has 0 bridgehead atoms. The summed E-state index contributed by atoms with van der Waals surface area (Å²) in [5.41, 5.74) is 3.43. The molecule has 0 saturated heterocycles. The topological polar surface area (TPSA) is 40.5 Å². The average Bonchev–Trinajstić information content (AvgIpc) is 2.48. The number of pyridine rings is 1. The number of aliphatic imine (C=N–C) groups is 1. The molecule has 2 rings (SSSR count). The van der Waals surface area contributed by atoms with Crippen LogP contribution in [-0.4, -0.2) is 29.9 Å². The lowest BCUT2D eigenvalue weighted by Gasteiger charge is -2.17. The van der Waals surface area contributed by atoms with Crippen LogP contribution >= 0.6 is 0 Å². The molecular formula is C17H22N4. The van der Waals surface area contributed by atoms with E-state index in [1.54, 1.807) is 0 Å². The van der Waals surface area contributed by atoms with Crippen molar-refractivity contribution in [3.05, 3.63) is 65.5 Å². The summed E-state index contributed by atoms with van der Waals surface area (Å²) in [6.45, 7) is 3.42. The van der Waals surface area contributed by atoms with Crippen molar-refractivity contribution < 1.29 is 0 Å². The van der Waals surface area contributed by atoms with Gasteiger partial charge in [0.05, 0.1) is 6.54 Å². The molecule has 1 heterocycles. The number of guanidine groups is 1. The monoisotopic (exact) mass is 282 g/mol. The summed E-state index contributed by atoms with van der Waals surface area (Å²) in [5, 5.41) is 3.38. The average molecular weight is 282 g/mol. The SMILES string of the molecule is Cc1cc(CN=C(NCc2ccccc2)N(C)C)ccn1. The number of nitrogens with zero attached hydrogens (tertiary/aromatic N) is 3. The quantitative estimate of drug-likeness (QED) is 0.692. The molecule has 0 radical (unpaired) electrons. The van der Waals surface area contributed by atoms with Crippen LogP contribution in [0, 0.1) is 6.92 Å². The molecule has 1 aromatic carbocycles. The van der Waals surface area contributed by atoms with E-state index in [4.69, 9.17) is 0 Å². The van der Waals surface area contributed by atoms with E-state index in [0.717, 1.165) is 18.2 Å². The molecule has 0 aliphatic rings. The van der Waals surface area contributed by atoms with Crippen molar-refractivity contribution in [3.8, 4) is 0 Å². The lowest BCUT2D eigenvalue weighted by molar-refractivity contribution is 0.578. The minimum Gasteiger partial charge on any atom is -0.352 e. The van der Waals surface area contributed by atoms with Crippen LogP contribution in [0.5, 0.6) is 0 Å². The summed E-state index contributed by atoms with van der Waals surface area (Å²) in [5.74, 6) is 0.883. The summed E-state index contributed by atoms with van der Waals surface area (Å²) in [6.07, 6.45) is 1.83. The smallest absolute Gasteiger partial charge is 0.194 e. The highest BCUT2D eigenvalue weighted by atomic mass is 15.3. The summed E-state index contributed by atoms with van der Waals surface area (Å²) in [7, 11) is 3.99. The molecule has 0 atom stereocenters. The standard InChI is InChI=1S/C17H22N4/c1-14-11-16(9-10-18-14)13-20-17(21(2)3)19-12-15-7-5-4-6-8-15/h4-11H,12-13H2,1-3H3,(H,19,20). The largest absolute Gasteiger partial charge is 0.352 e. The van der Waals surface area contributed by atoms with E-state index in [2.05, 4.69) is 33.5 Å². The number of nitrogens with one attached hydrogen (secondary N) is 1. The van der Waals surface area contributed by atoms with Gasteiger partial charge in [-0.05, 0) is 30.2 Å². The van der Waals surface area contributed by atoms with E-state index in [1.807, 2.05) is 56.4 Å². The van der Waals surface area contributed by atoms with Crippen molar-refractivity contribution >= 4 is 5.96 Å². The Morgan fingerprint density at radius 2 is 1.90 bits per heavy atom. The Balaban J connectivity index is 1.99. The molecule has 0 spiro atoms. The highest BCUT2D eigenvalue weighted by Gasteiger charge is 2.02. The van der Waals surface area contributed by atoms with E-state index in [0.29, 0.717) is 6.54 Å². The normalized spacial score (nSPS) is 11.3. The first-order valence-corrected chi connectivity index (χ1v) is 7.06. The minimum atomic E-state index is 0.651. The van der Waals surface area contributed by atoms with Gasteiger partial charge in [0, 0.05) is 32.5 Å². The Morgan fingerprint density at radius 1 is 1.14 bits per heavy atom. The Kier molecular flexibility index (Phi) is 5.32. The Hall–Kier alpha value is -2.36. The second-order valence-corrected chi connectivity index (χ2v) is 5.18. The fourth-order valence-corrected chi connectivity index (χ4v) is 2.00. The van der Waals surface area contributed by atoms with Gasteiger partial charge >= 0.3 is 0 Å². The molecule has 0 amide bonds. The zero-order chi connectivity index (χ0) is 15.1. The first-order valence-electron chi connectivity index (χ1n) is 7.06. The van der Waals surface area contributed by atoms with Gasteiger partial charge in [-0.2, -0.15) is 0 Å². The van der Waals surface area contributed by atoms with E-state index in [9.17, 15) is 0 Å². The number of hydrogen-bond acceptors (Lipinski definition) is 2. The zero-order valence-electron chi connectivity index (χ0n) is 12.9. The summed E-state index contributed by atoms with van der Waals surface area (Å²) < 4.78 is 0. The van der Waals surface area contributed by atoms with Crippen LogP contribution in [-0.2, 0) is 13.1 Å². The van der Waals surface area contributed by atoms with Gasteiger partial charge in [0.15, 0.2) is 5.96 Å². The Labute approximate surface area is 126 Å². The predicted octanol–water partition coefficient (Wildman–Crippen LogP) is 2.60. The van der Waals surface area contributed by atoms with Crippen LogP contribution in [0.4, 0.5) is 0 Å². The molecule has 21 heavy (non-hydrogen) atoms. The predicted molar refractivity (Wildman–Crippen MR) is 87.1 cm³/mol. The van der Waals surface area contributed by atoms with Crippen LogP contribution in [0.1, 0.15) is 16.8 Å². The first kappa shape index (κ1) is 15.0. The van der Waals surface area contributed by atoms with Crippen molar-refractivity contribution in [2.24, 2.45) is 4.99 Å². The number of aromatic nitrogens is 1. The molecular weight excluding hydrogens is 260 g/mol. The maximum atomic E-state index is 4.65. The Bertz CT molecular complexity index is 591. The van der Waals surface area contributed by atoms with E-state index in [1.165, 1.54) is 11.1 Å². The third kappa shape index (κ3) is 4.91. The van der Waals surface area contributed by atoms with Crippen LogP contribution in [0.25, 0.3) is 0 Å². The van der Waals surface area contributed by atoms with Gasteiger partial charge < -0.3 is 10.2 Å².